The van der Waals surface area contributed by atoms with Crippen molar-refractivity contribution in [3.8, 4) is 5.69 Å². The quantitative estimate of drug-likeness (QED) is 0.859. The van der Waals surface area contributed by atoms with Crippen molar-refractivity contribution >= 4 is 11.6 Å². The van der Waals surface area contributed by atoms with Crippen molar-refractivity contribution in [1.29, 1.82) is 0 Å². The topological polar surface area (TPSA) is 54.9 Å². The predicted octanol–water partition coefficient (Wildman–Crippen LogP) is 2.61. The molecule has 0 unspecified atom stereocenters. The van der Waals surface area contributed by atoms with Crippen LogP contribution in [0, 0.1) is 6.92 Å². The Labute approximate surface area is 115 Å². The van der Waals surface area contributed by atoms with E-state index in [-0.39, 0.29) is 5.15 Å². The lowest BCUT2D eigenvalue weighted by Crippen LogP contribution is -2.35. The smallest absolute Gasteiger partial charge is 0.297 e. The minimum Gasteiger partial charge on any atom is -0.297 e. The number of nitrogens with one attached hydrogen (secondary N) is 1. The van der Waals surface area contributed by atoms with Crippen molar-refractivity contribution in [2.24, 2.45) is 0 Å². The van der Waals surface area contributed by atoms with Crippen LogP contribution in [0.3, 0.4) is 0 Å². The molecule has 0 saturated heterocycles. The summed E-state index contributed by atoms with van der Waals surface area (Å²) in [7, 11) is 0. The zero-order valence-corrected chi connectivity index (χ0v) is 11.8. The minimum absolute atomic E-state index is 0.0880. The van der Waals surface area contributed by atoms with E-state index in [1.54, 1.807) is 19.1 Å². The van der Waals surface area contributed by atoms with E-state index in [9.17, 15) is 9.59 Å². The number of hydrogen-bond donors (Lipinski definition) is 1. The zero-order chi connectivity index (χ0) is 14.2. The molecule has 0 saturated carbocycles. The molecule has 0 radical (unpaired) electrons. The number of H-pyrrole nitrogens is 1. The highest BCUT2D eigenvalue weighted by atomic mass is 35.5. The van der Waals surface area contributed by atoms with Crippen molar-refractivity contribution in [2.75, 3.05) is 0 Å². The number of aromatic nitrogens is 2. The van der Waals surface area contributed by atoms with Gasteiger partial charge in [0, 0.05) is 0 Å². The highest BCUT2D eigenvalue weighted by molar-refractivity contribution is 6.30. The molecule has 0 aliphatic rings. The van der Waals surface area contributed by atoms with E-state index in [4.69, 9.17) is 11.6 Å². The van der Waals surface area contributed by atoms with Crippen LogP contribution in [-0.2, 0) is 0 Å². The molecule has 0 fully saturated rings. The third-order valence-electron chi connectivity index (χ3n) is 3.09. The average molecular weight is 279 g/mol. The number of hydrogen-bond acceptors (Lipinski definition) is 2. The number of rotatable bonds is 2. The third kappa shape index (κ3) is 2.49. The van der Waals surface area contributed by atoms with E-state index in [1.165, 1.54) is 0 Å². The summed E-state index contributed by atoms with van der Waals surface area (Å²) in [6, 6.07) is 7.35. The van der Waals surface area contributed by atoms with Crippen molar-refractivity contribution in [3.63, 3.8) is 0 Å². The Hall–Kier alpha value is -1.81. The fourth-order valence-electron chi connectivity index (χ4n) is 1.84. The number of benzene rings is 1. The summed E-state index contributed by atoms with van der Waals surface area (Å²) in [5.74, 6) is 0.399. The van der Waals surface area contributed by atoms with Gasteiger partial charge in [0.1, 0.15) is 5.15 Å². The van der Waals surface area contributed by atoms with Crippen LogP contribution in [0.15, 0.2) is 33.9 Å². The maximum atomic E-state index is 12.1. The molecule has 0 aliphatic carbocycles. The molecule has 1 heterocycles. The monoisotopic (exact) mass is 278 g/mol. The molecule has 100 valence electrons. The lowest BCUT2D eigenvalue weighted by atomic mass is 10.0. The Morgan fingerprint density at radius 2 is 1.74 bits per heavy atom. The van der Waals surface area contributed by atoms with Gasteiger partial charge in [-0.05, 0) is 30.5 Å². The van der Waals surface area contributed by atoms with Gasteiger partial charge in [0.05, 0.1) is 11.3 Å². The van der Waals surface area contributed by atoms with E-state index in [2.05, 4.69) is 18.8 Å². The van der Waals surface area contributed by atoms with Gasteiger partial charge in [0.2, 0.25) is 0 Å². The summed E-state index contributed by atoms with van der Waals surface area (Å²) in [6.45, 7) is 5.75. The fourth-order valence-corrected chi connectivity index (χ4v) is 2.00. The molecule has 2 rings (SSSR count). The third-order valence-corrected chi connectivity index (χ3v) is 3.47. The predicted molar refractivity (Wildman–Crippen MR) is 76.5 cm³/mol. The van der Waals surface area contributed by atoms with Crippen LogP contribution in [0.25, 0.3) is 5.69 Å². The van der Waals surface area contributed by atoms with Crippen molar-refractivity contribution in [1.82, 2.24) is 9.55 Å². The zero-order valence-electron chi connectivity index (χ0n) is 11.0. The summed E-state index contributed by atoms with van der Waals surface area (Å²) >= 11 is 5.78. The molecular weight excluding hydrogens is 264 g/mol. The van der Waals surface area contributed by atoms with E-state index in [0.29, 0.717) is 17.2 Å². The van der Waals surface area contributed by atoms with E-state index in [0.717, 1.165) is 10.1 Å². The number of nitrogens with zero attached hydrogens (tertiary/aromatic N) is 1. The van der Waals surface area contributed by atoms with Crippen molar-refractivity contribution in [3.05, 3.63) is 61.4 Å². The van der Waals surface area contributed by atoms with E-state index in [1.807, 2.05) is 12.1 Å². The lowest BCUT2D eigenvalue weighted by molar-refractivity contribution is 0.846. The summed E-state index contributed by atoms with van der Waals surface area (Å²) in [5.41, 5.74) is 1.09. The van der Waals surface area contributed by atoms with Crippen LogP contribution in [0.4, 0.5) is 0 Å². The number of aromatic amines is 1. The molecule has 0 bridgehead atoms. The molecule has 1 aromatic heterocycles. The van der Waals surface area contributed by atoms with Crippen LogP contribution in [0.1, 0.15) is 30.9 Å². The molecule has 5 heteroatoms. The Morgan fingerprint density at radius 3 is 2.26 bits per heavy atom. The second-order valence-corrected chi connectivity index (χ2v) is 5.13. The van der Waals surface area contributed by atoms with Gasteiger partial charge in [0.25, 0.3) is 5.56 Å². The first-order valence-corrected chi connectivity index (χ1v) is 6.41. The summed E-state index contributed by atoms with van der Waals surface area (Å²) in [5, 5.41) is 0.0880. The highest BCUT2D eigenvalue weighted by Gasteiger charge is 2.10. The average Bonchev–Trinajstić information content (AvgIpc) is 2.37. The number of halogens is 1. The van der Waals surface area contributed by atoms with Crippen LogP contribution in [-0.4, -0.2) is 9.55 Å². The van der Waals surface area contributed by atoms with Gasteiger partial charge in [-0.3, -0.25) is 9.78 Å². The molecule has 2 aromatic rings. The van der Waals surface area contributed by atoms with Gasteiger partial charge in [-0.1, -0.05) is 37.6 Å². The van der Waals surface area contributed by atoms with E-state index < -0.39 is 11.2 Å². The van der Waals surface area contributed by atoms with Crippen molar-refractivity contribution < 1.29 is 0 Å². The Kier molecular flexibility index (Phi) is 3.62. The van der Waals surface area contributed by atoms with E-state index >= 15 is 0 Å². The molecule has 0 spiro atoms. The summed E-state index contributed by atoms with van der Waals surface area (Å²) in [6.07, 6.45) is 0. The second kappa shape index (κ2) is 5.05. The van der Waals surface area contributed by atoms with Gasteiger partial charge < -0.3 is 0 Å². The minimum atomic E-state index is -0.530. The highest BCUT2D eigenvalue weighted by Crippen LogP contribution is 2.15. The molecule has 1 aromatic carbocycles. The Balaban J connectivity index is 2.63. The normalized spacial score (nSPS) is 11.0. The van der Waals surface area contributed by atoms with Gasteiger partial charge in [-0.25, -0.2) is 9.36 Å². The first kappa shape index (κ1) is 13.6. The Bertz CT molecular complexity index is 712. The van der Waals surface area contributed by atoms with Gasteiger partial charge >= 0.3 is 5.69 Å². The van der Waals surface area contributed by atoms with Gasteiger partial charge in [-0.15, -0.1) is 0 Å². The fraction of sp³-hybridized carbons (Fsp3) is 0.286. The molecule has 0 amide bonds. The molecule has 1 N–H and O–H groups in total. The standard InChI is InChI=1S/C14H15ClN2O2/c1-8(2)10-4-6-11(7-5-10)17-13(18)9(3)12(15)16-14(17)19/h4-8H,1-3H3,(H,16,19). The Morgan fingerprint density at radius 1 is 1.16 bits per heavy atom. The SMILES string of the molecule is Cc1c(Cl)[nH]c(=O)n(-c2ccc(C(C)C)cc2)c1=O. The lowest BCUT2D eigenvalue weighted by Gasteiger charge is -2.09. The largest absolute Gasteiger partial charge is 0.334 e. The second-order valence-electron chi connectivity index (χ2n) is 4.76. The van der Waals surface area contributed by atoms with Crippen LogP contribution in [0.5, 0.6) is 0 Å². The molecule has 0 atom stereocenters. The first-order valence-electron chi connectivity index (χ1n) is 6.03. The molecule has 4 nitrogen and oxygen atoms in total. The summed E-state index contributed by atoms with van der Waals surface area (Å²) < 4.78 is 1.09. The van der Waals surface area contributed by atoms with Gasteiger partial charge in [-0.2, -0.15) is 0 Å². The first-order chi connectivity index (χ1) is 8.91. The summed E-state index contributed by atoms with van der Waals surface area (Å²) in [4.78, 5) is 26.4. The van der Waals surface area contributed by atoms with Crippen molar-refractivity contribution in [2.45, 2.75) is 26.7 Å². The van der Waals surface area contributed by atoms with Crippen LogP contribution in [0.2, 0.25) is 5.15 Å². The molecule has 0 aliphatic heterocycles. The van der Waals surface area contributed by atoms with Gasteiger partial charge in [0.15, 0.2) is 0 Å². The molecular formula is C14H15ClN2O2. The van der Waals surface area contributed by atoms with Crippen LogP contribution >= 0.6 is 11.6 Å². The molecule has 19 heavy (non-hydrogen) atoms. The maximum Gasteiger partial charge on any atom is 0.334 e. The van der Waals surface area contributed by atoms with Crippen LogP contribution < -0.4 is 11.2 Å². The maximum absolute atomic E-state index is 12.1.